The number of methoxy groups -OCH3 is 2. The van der Waals surface area contributed by atoms with Gasteiger partial charge in [0.25, 0.3) is 5.91 Å². The molecule has 4 rings (SSSR count). The largest absolute Gasteiger partial charge is 0.497 e. The summed E-state index contributed by atoms with van der Waals surface area (Å²) in [5, 5.41) is 0. The minimum Gasteiger partial charge on any atom is -0.497 e. The van der Waals surface area contributed by atoms with Crippen LogP contribution in [-0.2, 0) is 26.1 Å². The highest BCUT2D eigenvalue weighted by Gasteiger charge is 2.42. The topological polar surface area (TPSA) is 93.2 Å². The molecule has 1 unspecified atom stereocenters. The number of benzene rings is 3. The molecule has 36 heavy (non-hydrogen) atoms. The third-order valence-corrected chi connectivity index (χ3v) is 8.06. The zero-order chi connectivity index (χ0) is 26.0. The van der Waals surface area contributed by atoms with Gasteiger partial charge < -0.3 is 14.4 Å². The smallest absolute Gasteiger partial charge is 0.326 e. The van der Waals surface area contributed by atoms with Gasteiger partial charge >= 0.3 is 5.97 Å². The zero-order valence-electron chi connectivity index (χ0n) is 20.0. The number of sulfonamides is 1. The fourth-order valence-corrected chi connectivity index (χ4v) is 5.74. The molecule has 0 saturated carbocycles. The van der Waals surface area contributed by atoms with Crippen LogP contribution in [0.4, 0.5) is 10.1 Å². The van der Waals surface area contributed by atoms with Crippen molar-refractivity contribution >= 4 is 27.6 Å². The number of rotatable bonds is 5. The molecule has 10 heteroatoms. The van der Waals surface area contributed by atoms with Crippen LogP contribution in [0.15, 0.2) is 71.6 Å². The lowest BCUT2D eigenvalue weighted by atomic mass is 10.1. The molecule has 3 aromatic carbocycles. The van der Waals surface area contributed by atoms with Crippen molar-refractivity contribution in [1.82, 2.24) is 4.31 Å². The van der Waals surface area contributed by atoms with E-state index in [-0.39, 0.29) is 29.1 Å². The van der Waals surface area contributed by atoms with E-state index in [4.69, 9.17) is 9.47 Å². The SMILES string of the molecule is COC(=O)C1CN(C(=O)c2cccc(F)c2C)c2ccccc2CN1S(=O)(=O)c1ccc(OC)cc1. The van der Waals surface area contributed by atoms with Crippen LogP contribution < -0.4 is 9.64 Å². The Bertz CT molecular complexity index is 1410. The van der Waals surface area contributed by atoms with Crippen molar-refractivity contribution in [2.75, 3.05) is 25.7 Å². The Balaban J connectivity index is 1.85. The van der Waals surface area contributed by atoms with E-state index in [2.05, 4.69) is 0 Å². The van der Waals surface area contributed by atoms with Crippen LogP contribution in [0, 0.1) is 12.7 Å². The summed E-state index contributed by atoms with van der Waals surface area (Å²) < 4.78 is 52.9. The fraction of sp³-hybridized carbons (Fsp3) is 0.231. The van der Waals surface area contributed by atoms with Crippen LogP contribution in [0.5, 0.6) is 5.75 Å². The number of carbonyl (C=O) groups is 2. The predicted octanol–water partition coefficient (Wildman–Crippen LogP) is 3.54. The van der Waals surface area contributed by atoms with Crippen LogP contribution in [-0.4, -0.2) is 51.4 Å². The standard InChI is InChI=1S/C26H25FN2O6S/c1-17-21(8-6-9-22(17)27)25(30)28-16-24(26(31)35-3)29(15-18-7-4-5-10-23(18)28)36(32,33)20-13-11-19(34-2)12-14-20/h4-14,24H,15-16H2,1-3H3. The van der Waals surface area contributed by atoms with E-state index < -0.39 is 33.8 Å². The Kier molecular flexibility index (Phi) is 7.09. The third kappa shape index (κ3) is 4.57. The van der Waals surface area contributed by atoms with E-state index in [0.717, 1.165) is 11.4 Å². The van der Waals surface area contributed by atoms with Gasteiger partial charge in [-0.15, -0.1) is 0 Å². The summed E-state index contributed by atoms with van der Waals surface area (Å²) in [6.45, 7) is 0.981. The lowest BCUT2D eigenvalue weighted by Gasteiger charge is -2.29. The highest BCUT2D eigenvalue weighted by Crippen LogP contribution is 2.33. The third-order valence-electron chi connectivity index (χ3n) is 6.19. The maximum absolute atomic E-state index is 14.3. The number of carbonyl (C=O) groups excluding carboxylic acids is 2. The summed E-state index contributed by atoms with van der Waals surface area (Å²) in [7, 11) is -1.59. The molecule has 3 aromatic rings. The number of ether oxygens (including phenoxy) is 2. The molecule has 1 aliphatic heterocycles. The van der Waals surface area contributed by atoms with Gasteiger partial charge in [0.1, 0.15) is 17.6 Å². The first-order chi connectivity index (χ1) is 17.2. The molecular weight excluding hydrogens is 487 g/mol. The Morgan fingerprint density at radius 2 is 1.67 bits per heavy atom. The van der Waals surface area contributed by atoms with Crippen LogP contribution in [0.25, 0.3) is 0 Å². The Hall–Kier alpha value is -3.76. The number of hydrogen-bond acceptors (Lipinski definition) is 6. The number of para-hydroxylation sites is 1. The Labute approximate surface area is 208 Å². The van der Waals surface area contributed by atoms with E-state index in [1.807, 2.05) is 0 Å². The molecule has 0 radical (unpaired) electrons. The van der Waals surface area contributed by atoms with E-state index in [9.17, 15) is 22.4 Å². The molecule has 1 amide bonds. The van der Waals surface area contributed by atoms with Crippen molar-refractivity contribution in [1.29, 1.82) is 0 Å². The fourth-order valence-electron chi connectivity index (χ4n) is 4.19. The lowest BCUT2D eigenvalue weighted by molar-refractivity contribution is -0.144. The highest BCUT2D eigenvalue weighted by molar-refractivity contribution is 7.89. The van der Waals surface area contributed by atoms with Crippen molar-refractivity contribution in [2.45, 2.75) is 24.4 Å². The van der Waals surface area contributed by atoms with E-state index in [1.165, 1.54) is 61.4 Å². The molecule has 188 valence electrons. The van der Waals surface area contributed by atoms with Crippen LogP contribution >= 0.6 is 0 Å². The van der Waals surface area contributed by atoms with Crippen molar-refractivity contribution in [3.63, 3.8) is 0 Å². The molecule has 1 heterocycles. The lowest BCUT2D eigenvalue weighted by Crippen LogP contribution is -2.50. The van der Waals surface area contributed by atoms with Crippen molar-refractivity contribution in [3.05, 3.63) is 89.2 Å². The number of esters is 1. The molecular formula is C26H25FN2O6S. The van der Waals surface area contributed by atoms with Gasteiger partial charge in [-0.05, 0) is 60.5 Å². The van der Waals surface area contributed by atoms with Crippen LogP contribution in [0.2, 0.25) is 0 Å². The second-order valence-corrected chi connectivity index (χ2v) is 10.1. The molecule has 0 fully saturated rings. The molecule has 0 spiro atoms. The van der Waals surface area contributed by atoms with Gasteiger partial charge in [-0.2, -0.15) is 4.31 Å². The van der Waals surface area contributed by atoms with Gasteiger partial charge in [-0.3, -0.25) is 9.59 Å². The predicted molar refractivity (Wildman–Crippen MR) is 131 cm³/mol. The quantitative estimate of drug-likeness (QED) is 0.486. The monoisotopic (exact) mass is 512 g/mol. The summed E-state index contributed by atoms with van der Waals surface area (Å²) in [6, 6.07) is 15.4. The van der Waals surface area contributed by atoms with E-state index >= 15 is 0 Å². The Morgan fingerprint density at radius 1 is 0.972 bits per heavy atom. The van der Waals surface area contributed by atoms with Gasteiger partial charge in [-0.25, -0.2) is 12.8 Å². The second-order valence-electron chi connectivity index (χ2n) is 8.22. The summed E-state index contributed by atoms with van der Waals surface area (Å²) >= 11 is 0. The summed E-state index contributed by atoms with van der Waals surface area (Å²) in [5.41, 5.74) is 1.19. The molecule has 8 nitrogen and oxygen atoms in total. The van der Waals surface area contributed by atoms with Crippen molar-refractivity contribution < 1.29 is 31.9 Å². The molecule has 0 N–H and O–H groups in total. The first-order valence-corrected chi connectivity index (χ1v) is 12.5. The van der Waals surface area contributed by atoms with Gasteiger partial charge in [-0.1, -0.05) is 24.3 Å². The molecule has 0 saturated heterocycles. The van der Waals surface area contributed by atoms with Crippen LogP contribution in [0.1, 0.15) is 21.5 Å². The first-order valence-electron chi connectivity index (χ1n) is 11.1. The number of hydrogen-bond donors (Lipinski definition) is 0. The Morgan fingerprint density at radius 3 is 2.33 bits per heavy atom. The summed E-state index contributed by atoms with van der Waals surface area (Å²) in [4.78, 5) is 27.9. The van der Waals surface area contributed by atoms with Gasteiger partial charge in [0, 0.05) is 17.8 Å². The van der Waals surface area contributed by atoms with Gasteiger partial charge in [0.15, 0.2) is 0 Å². The average Bonchev–Trinajstić information content (AvgIpc) is 3.07. The molecule has 0 aliphatic carbocycles. The maximum Gasteiger partial charge on any atom is 0.326 e. The molecule has 1 aliphatic rings. The van der Waals surface area contributed by atoms with Crippen LogP contribution in [0.3, 0.4) is 0 Å². The van der Waals surface area contributed by atoms with Crippen molar-refractivity contribution in [2.24, 2.45) is 0 Å². The van der Waals surface area contributed by atoms with E-state index in [1.54, 1.807) is 24.3 Å². The number of anilines is 1. The van der Waals surface area contributed by atoms with Gasteiger partial charge in [0.2, 0.25) is 10.0 Å². The molecule has 0 bridgehead atoms. The summed E-state index contributed by atoms with van der Waals surface area (Å²) in [6.07, 6.45) is 0. The normalized spacial score (nSPS) is 16.1. The minimum atomic E-state index is -4.21. The number of amides is 1. The first kappa shape index (κ1) is 25.3. The number of fused-ring (bicyclic) bond motifs is 1. The van der Waals surface area contributed by atoms with Gasteiger partial charge in [0.05, 0.1) is 25.7 Å². The molecule has 1 atom stereocenters. The molecule has 0 aromatic heterocycles. The van der Waals surface area contributed by atoms with E-state index in [0.29, 0.717) is 17.0 Å². The number of nitrogens with zero attached hydrogens (tertiary/aromatic N) is 2. The minimum absolute atomic E-state index is 0.0459. The summed E-state index contributed by atoms with van der Waals surface area (Å²) in [5.74, 6) is -1.45. The zero-order valence-corrected chi connectivity index (χ0v) is 20.8. The van der Waals surface area contributed by atoms with Crippen molar-refractivity contribution in [3.8, 4) is 5.75 Å². The number of halogens is 1. The highest BCUT2D eigenvalue weighted by atomic mass is 32.2. The average molecular weight is 513 g/mol. The maximum atomic E-state index is 14.3. The second kappa shape index (κ2) is 10.1.